The third-order valence-corrected chi connectivity index (χ3v) is 9.82. The van der Waals surface area contributed by atoms with Gasteiger partial charge in [-0.2, -0.15) is 5.26 Å². The van der Waals surface area contributed by atoms with Gasteiger partial charge in [-0.25, -0.2) is 19.3 Å². The summed E-state index contributed by atoms with van der Waals surface area (Å²) in [6.45, 7) is 11.2. The van der Waals surface area contributed by atoms with Gasteiger partial charge in [0.15, 0.2) is 11.6 Å². The lowest BCUT2D eigenvalue weighted by Gasteiger charge is -2.40. The molecule has 51 heavy (non-hydrogen) atoms. The first-order valence-electron chi connectivity index (χ1n) is 17.1. The van der Waals surface area contributed by atoms with Gasteiger partial charge in [0.25, 0.3) is 5.91 Å². The molecule has 0 bridgehead atoms. The van der Waals surface area contributed by atoms with Crippen molar-refractivity contribution < 1.29 is 13.9 Å². The fraction of sp³-hybridized carbons (Fsp3) is 0.308. The number of rotatable bonds is 8. The molecule has 7 rings (SSSR count). The first kappa shape index (κ1) is 33.7. The number of nitriles is 1. The third-order valence-electron chi connectivity index (χ3n) is 9.82. The lowest BCUT2D eigenvalue weighted by Crippen LogP contribution is -2.47. The largest absolute Gasteiger partial charge is 0.436 e. The second-order valence-electron chi connectivity index (χ2n) is 13.8. The van der Waals surface area contributed by atoms with Gasteiger partial charge >= 0.3 is 0 Å². The number of ether oxygens (including phenoxy) is 1. The van der Waals surface area contributed by atoms with Crippen LogP contribution in [0.15, 0.2) is 78.6 Å². The van der Waals surface area contributed by atoms with Crippen LogP contribution in [0.5, 0.6) is 11.6 Å². The lowest BCUT2D eigenvalue weighted by molar-refractivity contribution is -0.112. The summed E-state index contributed by atoms with van der Waals surface area (Å²) in [7, 11) is 0. The molecule has 5 aromatic rings. The van der Waals surface area contributed by atoms with Crippen molar-refractivity contribution in [1.29, 1.82) is 5.26 Å². The van der Waals surface area contributed by atoms with E-state index < -0.39 is 17.3 Å². The Balaban J connectivity index is 1.20. The number of nitrogen functional groups attached to an aromatic ring is 1. The molecule has 11 nitrogen and oxygen atoms in total. The number of benzene rings is 2. The van der Waals surface area contributed by atoms with E-state index >= 15 is 4.39 Å². The average Bonchev–Trinajstić information content (AvgIpc) is 3.68. The van der Waals surface area contributed by atoms with E-state index in [1.807, 2.05) is 49.6 Å². The topological polar surface area (TPSA) is 138 Å². The number of amides is 1. The van der Waals surface area contributed by atoms with E-state index in [2.05, 4.69) is 43.1 Å². The van der Waals surface area contributed by atoms with Crippen molar-refractivity contribution in [2.75, 3.05) is 35.6 Å². The number of carbonyl (C=O) groups is 1. The van der Waals surface area contributed by atoms with Crippen LogP contribution in [0.3, 0.4) is 0 Å². The molecule has 0 atom stereocenters. The van der Waals surface area contributed by atoms with Crippen molar-refractivity contribution in [3.8, 4) is 28.8 Å². The Morgan fingerprint density at radius 3 is 2.61 bits per heavy atom. The number of nitrogens with two attached hydrogens (primary N) is 1. The number of hydrogen-bond donors (Lipinski definition) is 2. The molecule has 260 valence electrons. The van der Waals surface area contributed by atoms with Crippen molar-refractivity contribution in [1.82, 2.24) is 24.4 Å². The maximum absolute atomic E-state index is 15.7. The summed E-state index contributed by atoms with van der Waals surface area (Å²) in [4.78, 5) is 31.0. The van der Waals surface area contributed by atoms with E-state index in [9.17, 15) is 10.1 Å². The second kappa shape index (κ2) is 13.5. The number of anilines is 4. The number of hydrogen-bond acceptors (Lipinski definition) is 9. The van der Waals surface area contributed by atoms with E-state index in [0.717, 1.165) is 43.1 Å². The number of piperidine rings is 1. The van der Waals surface area contributed by atoms with E-state index in [-0.39, 0.29) is 17.1 Å². The maximum atomic E-state index is 15.7. The Kier molecular flexibility index (Phi) is 8.91. The monoisotopic (exact) mass is 685 g/mol. The van der Waals surface area contributed by atoms with Crippen LogP contribution in [0, 0.1) is 30.0 Å². The number of aryl methyl sites for hydroxylation is 1. The van der Waals surface area contributed by atoms with Gasteiger partial charge in [-0.15, -0.1) is 0 Å². The molecule has 2 aliphatic rings. The van der Waals surface area contributed by atoms with Gasteiger partial charge in [0.1, 0.15) is 35.3 Å². The van der Waals surface area contributed by atoms with Crippen LogP contribution in [0.1, 0.15) is 39.3 Å². The first-order chi connectivity index (χ1) is 24.5. The highest BCUT2D eigenvalue weighted by molar-refractivity contribution is 6.09. The minimum atomic E-state index is -0.562. The molecular weight excluding hydrogens is 645 g/mol. The minimum Gasteiger partial charge on any atom is -0.436 e. The zero-order valence-electron chi connectivity index (χ0n) is 29.2. The van der Waals surface area contributed by atoms with Crippen molar-refractivity contribution in [3.05, 3.63) is 90.2 Å². The lowest BCUT2D eigenvalue weighted by atomic mass is 9.92. The summed E-state index contributed by atoms with van der Waals surface area (Å²) >= 11 is 0. The SMILES string of the molecule is Cc1cccc(Oc2ccc(-c3c4n(c5ncnc(N)c35)CCN4c3cccc(NC(=O)C(C#N)=CC(C)(C)N4CCC(C)CC4)c3)cc2F)n1. The molecule has 3 N–H and O–H groups in total. The van der Waals surface area contributed by atoms with E-state index in [4.69, 9.17) is 10.5 Å². The van der Waals surface area contributed by atoms with Crippen LogP contribution in [0.4, 0.5) is 27.4 Å². The number of nitrogens with one attached hydrogen (secondary N) is 1. The number of pyridine rings is 1. The van der Waals surface area contributed by atoms with Gasteiger partial charge < -0.3 is 25.3 Å². The van der Waals surface area contributed by atoms with Gasteiger partial charge in [0.2, 0.25) is 5.88 Å². The zero-order valence-corrected chi connectivity index (χ0v) is 29.2. The standard InChI is InChI=1S/C39H40FN9O2/c1-24-13-15-47(16-14-24)39(3,4)21-27(22-41)37(50)46-28-8-6-9-29(20-28)48-17-18-49-36-34(35(42)43-23-44-36)33(38(48)49)26-11-12-31(30(40)19-26)51-32-10-5-7-25(2)45-32/h5-12,19-21,23-24H,13-18H2,1-4H3,(H,46,50)(H2,42,43,44). The molecule has 0 radical (unpaired) electrons. The Hall–Kier alpha value is -5.80. The van der Waals surface area contributed by atoms with Gasteiger partial charge in [0, 0.05) is 47.3 Å². The summed E-state index contributed by atoms with van der Waals surface area (Å²) in [5.74, 6) is 1.03. The van der Waals surface area contributed by atoms with Crippen molar-refractivity contribution in [2.45, 2.75) is 52.6 Å². The Morgan fingerprint density at radius 2 is 1.86 bits per heavy atom. The van der Waals surface area contributed by atoms with Crippen LogP contribution in [0.2, 0.25) is 0 Å². The summed E-state index contributed by atoms with van der Waals surface area (Å²) in [5.41, 5.74) is 10.0. The molecule has 1 amide bonds. The average molecular weight is 686 g/mol. The summed E-state index contributed by atoms with van der Waals surface area (Å²) < 4.78 is 23.5. The van der Waals surface area contributed by atoms with Gasteiger partial charge in [0.05, 0.1) is 5.39 Å². The first-order valence-corrected chi connectivity index (χ1v) is 17.1. The highest BCUT2D eigenvalue weighted by atomic mass is 19.1. The number of likely N-dealkylation sites (tertiary alicyclic amines) is 1. The fourth-order valence-corrected chi connectivity index (χ4v) is 7.06. The van der Waals surface area contributed by atoms with Crippen molar-refractivity contribution in [3.63, 3.8) is 0 Å². The van der Waals surface area contributed by atoms with Crippen LogP contribution in [-0.4, -0.2) is 55.5 Å². The van der Waals surface area contributed by atoms with Crippen LogP contribution >= 0.6 is 0 Å². The second-order valence-corrected chi connectivity index (χ2v) is 13.8. The van der Waals surface area contributed by atoms with E-state index in [0.29, 0.717) is 52.7 Å². The number of nitrogens with zero attached hydrogens (tertiary/aromatic N) is 7. The Labute approximate surface area is 296 Å². The molecule has 2 aromatic carbocycles. The molecule has 1 saturated heterocycles. The van der Waals surface area contributed by atoms with E-state index in [1.165, 1.54) is 12.4 Å². The van der Waals surface area contributed by atoms with Crippen molar-refractivity contribution >= 4 is 40.0 Å². The Morgan fingerprint density at radius 1 is 1.08 bits per heavy atom. The molecular formula is C39H40FN9O2. The number of aromatic nitrogens is 4. The van der Waals surface area contributed by atoms with Gasteiger partial charge in [-0.05, 0) is 101 Å². The maximum Gasteiger partial charge on any atom is 0.266 e. The van der Waals surface area contributed by atoms with Crippen LogP contribution in [-0.2, 0) is 11.3 Å². The molecule has 0 spiro atoms. The molecule has 12 heteroatoms. The predicted molar refractivity (Wildman–Crippen MR) is 196 cm³/mol. The number of fused-ring (bicyclic) bond motifs is 3. The smallest absolute Gasteiger partial charge is 0.266 e. The minimum absolute atomic E-state index is 0.0428. The van der Waals surface area contributed by atoms with Crippen molar-refractivity contribution in [2.24, 2.45) is 5.92 Å². The molecule has 3 aromatic heterocycles. The molecule has 5 heterocycles. The Bertz CT molecular complexity index is 2210. The quantitative estimate of drug-likeness (QED) is 0.127. The van der Waals surface area contributed by atoms with Gasteiger partial charge in [-0.3, -0.25) is 9.69 Å². The third kappa shape index (κ3) is 6.60. The summed E-state index contributed by atoms with van der Waals surface area (Å²) in [5, 5.41) is 13.6. The summed E-state index contributed by atoms with van der Waals surface area (Å²) in [6, 6.07) is 19.7. The number of carbonyl (C=O) groups excluding carboxylic acids is 1. The summed E-state index contributed by atoms with van der Waals surface area (Å²) in [6.07, 6.45) is 5.38. The molecule has 2 aliphatic heterocycles. The number of halogens is 1. The van der Waals surface area contributed by atoms with Crippen LogP contribution in [0.25, 0.3) is 22.2 Å². The van der Waals surface area contributed by atoms with Crippen LogP contribution < -0.4 is 20.7 Å². The van der Waals surface area contributed by atoms with E-state index in [1.54, 1.807) is 36.4 Å². The highest BCUT2D eigenvalue weighted by Crippen LogP contribution is 2.47. The zero-order chi connectivity index (χ0) is 35.9. The highest BCUT2D eigenvalue weighted by Gasteiger charge is 2.32. The predicted octanol–water partition coefficient (Wildman–Crippen LogP) is 7.37. The molecule has 1 fully saturated rings. The fourth-order valence-electron chi connectivity index (χ4n) is 7.06. The normalized spacial score (nSPS) is 15.5. The molecule has 0 saturated carbocycles. The van der Waals surface area contributed by atoms with Gasteiger partial charge in [-0.1, -0.05) is 25.1 Å². The molecule has 0 aliphatic carbocycles. The molecule has 0 unspecified atom stereocenters.